The smallest absolute Gasteiger partial charge is 0.220 e. The predicted octanol–water partition coefficient (Wildman–Crippen LogP) is 5.92. The minimum absolute atomic E-state index is 0.191. The van der Waals surface area contributed by atoms with Crippen molar-refractivity contribution in [3.63, 3.8) is 0 Å². The molecule has 0 aliphatic rings. The molecule has 6 heteroatoms. The SMILES string of the molecule is C=CO/C(=N\C)c1ccc(C)c(-c2ccc(N/N=C/c3c(F)cccc3F)cc2)c1. The van der Waals surface area contributed by atoms with Crippen molar-refractivity contribution in [2.45, 2.75) is 6.92 Å². The fourth-order valence-corrected chi connectivity index (χ4v) is 2.92. The largest absolute Gasteiger partial charge is 0.447 e. The van der Waals surface area contributed by atoms with Crippen molar-refractivity contribution in [3.8, 4) is 11.1 Å². The van der Waals surface area contributed by atoms with Crippen molar-refractivity contribution in [1.29, 1.82) is 0 Å². The number of rotatable bonds is 6. The van der Waals surface area contributed by atoms with E-state index >= 15 is 0 Å². The molecule has 3 aromatic carbocycles. The average Bonchev–Trinajstić information content (AvgIpc) is 2.75. The summed E-state index contributed by atoms with van der Waals surface area (Å²) in [6.07, 6.45) is 2.47. The van der Waals surface area contributed by atoms with E-state index in [-0.39, 0.29) is 5.56 Å². The number of hydrogen-bond donors (Lipinski definition) is 1. The molecular formula is C24H21F2N3O. The van der Waals surface area contributed by atoms with Gasteiger partial charge in [-0.25, -0.2) is 8.78 Å². The van der Waals surface area contributed by atoms with Gasteiger partial charge >= 0.3 is 0 Å². The Morgan fingerprint density at radius 1 is 1.03 bits per heavy atom. The van der Waals surface area contributed by atoms with Gasteiger partial charge in [0.25, 0.3) is 0 Å². The summed E-state index contributed by atoms with van der Waals surface area (Å²) in [5, 5.41) is 3.93. The van der Waals surface area contributed by atoms with Crippen LogP contribution in [-0.4, -0.2) is 19.2 Å². The maximum Gasteiger partial charge on any atom is 0.220 e. The number of hydrogen-bond acceptors (Lipinski definition) is 4. The van der Waals surface area contributed by atoms with Gasteiger partial charge in [-0.15, -0.1) is 0 Å². The van der Waals surface area contributed by atoms with E-state index in [0.29, 0.717) is 11.6 Å². The number of halogens is 2. The molecule has 3 rings (SSSR count). The summed E-state index contributed by atoms with van der Waals surface area (Å²) in [5.41, 5.74) is 7.25. The number of aryl methyl sites for hydroxylation is 1. The van der Waals surface area contributed by atoms with Gasteiger partial charge in [-0.2, -0.15) is 5.10 Å². The Morgan fingerprint density at radius 2 is 1.73 bits per heavy atom. The third-order valence-electron chi connectivity index (χ3n) is 4.47. The van der Waals surface area contributed by atoms with E-state index in [1.54, 1.807) is 7.05 Å². The van der Waals surface area contributed by atoms with Crippen molar-refractivity contribution in [2.24, 2.45) is 10.1 Å². The van der Waals surface area contributed by atoms with Gasteiger partial charge in [-0.1, -0.05) is 30.8 Å². The number of aliphatic imine (C=N–C) groups is 1. The molecule has 0 spiro atoms. The van der Waals surface area contributed by atoms with Gasteiger partial charge in [0.05, 0.1) is 23.7 Å². The number of anilines is 1. The van der Waals surface area contributed by atoms with Crippen LogP contribution < -0.4 is 5.43 Å². The van der Waals surface area contributed by atoms with Gasteiger partial charge in [0.1, 0.15) is 11.6 Å². The van der Waals surface area contributed by atoms with Gasteiger partial charge in [0, 0.05) is 12.6 Å². The molecule has 4 nitrogen and oxygen atoms in total. The first-order chi connectivity index (χ1) is 14.5. The standard InChI is InChI=1S/C24H21F2N3O/c1-4-30-24(27-3)18-9-8-16(2)20(14-18)17-10-12-19(13-11-17)29-28-15-21-22(25)6-5-7-23(21)26/h4-15,29H,1H2,2-3H3/b27-24-,28-15+. The Hall–Kier alpha value is -3.80. The number of ether oxygens (including phenoxy) is 1. The summed E-state index contributed by atoms with van der Waals surface area (Å²) in [5.74, 6) is -0.845. The molecule has 1 N–H and O–H groups in total. The highest BCUT2D eigenvalue weighted by atomic mass is 19.1. The van der Waals surface area contributed by atoms with Crippen LogP contribution in [0, 0.1) is 18.6 Å². The zero-order valence-electron chi connectivity index (χ0n) is 16.7. The molecule has 0 bridgehead atoms. The second-order valence-corrected chi connectivity index (χ2v) is 6.43. The van der Waals surface area contributed by atoms with Crippen LogP contribution in [0.2, 0.25) is 0 Å². The number of benzene rings is 3. The molecule has 0 saturated carbocycles. The fourth-order valence-electron chi connectivity index (χ4n) is 2.92. The minimum Gasteiger partial charge on any atom is -0.447 e. The predicted molar refractivity (Wildman–Crippen MR) is 118 cm³/mol. The van der Waals surface area contributed by atoms with Crippen LogP contribution in [0.25, 0.3) is 11.1 Å². The van der Waals surface area contributed by atoms with Crippen LogP contribution in [0.3, 0.4) is 0 Å². The zero-order valence-corrected chi connectivity index (χ0v) is 16.7. The maximum absolute atomic E-state index is 13.6. The van der Waals surface area contributed by atoms with E-state index in [1.165, 1.54) is 24.5 Å². The summed E-state index contributed by atoms with van der Waals surface area (Å²) >= 11 is 0. The molecule has 0 unspecified atom stereocenters. The number of nitrogens with one attached hydrogen (secondary N) is 1. The molecule has 0 aromatic heterocycles. The summed E-state index contributed by atoms with van der Waals surface area (Å²) in [7, 11) is 1.66. The Kier molecular flexibility index (Phi) is 6.70. The van der Waals surface area contributed by atoms with Crippen LogP contribution in [0.4, 0.5) is 14.5 Å². The Bertz CT molecular complexity index is 1090. The lowest BCUT2D eigenvalue weighted by Gasteiger charge is -2.11. The summed E-state index contributed by atoms with van der Waals surface area (Å²) < 4.78 is 32.6. The first-order valence-electron chi connectivity index (χ1n) is 9.22. The lowest BCUT2D eigenvalue weighted by atomic mass is 9.98. The topological polar surface area (TPSA) is 46.0 Å². The molecule has 152 valence electrons. The first-order valence-corrected chi connectivity index (χ1v) is 9.22. The molecule has 0 aliphatic carbocycles. The van der Waals surface area contributed by atoms with E-state index < -0.39 is 11.6 Å². The highest BCUT2D eigenvalue weighted by Gasteiger charge is 2.09. The zero-order chi connectivity index (χ0) is 21.5. The molecule has 3 aromatic rings. The molecule has 0 fully saturated rings. The highest BCUT2D eigenvalue weighted by molar-refractivity contribution is 5.96. The highest BCUT2D eigenvalue weighted by Crippen LogP contribution is 2.26. The quantitative estimate of drug-likeness (QED) is 0.239. The summed E-state index contributed by atoms with van der Waals surface area (Å²) in [6.45, 7) is 5.60. The molecule has 0 atom stereocenters. The molecule has 0 heterocycles. The summed E-state index contributed by atoms with van der Waals surface area (Å²) in [4.78, 5) is 4.14. The van der Waals surface area contributed by atoms with Crippen molar-refractivity contribution < 1.29 is 13.5 Å². The van der Waals surface area contributed by atoms with E-state index in [4.69, 9.17) is 4.74 Å². The third-order valence-corrected chi connectivity index (χ3v) is 4.47. The summed E-state index contributed by atoms with van der Waals surface area (Å²) in [6, 6.07) is 17.2. The fraction of sp³-hybridized carbons (Fsp3) is 0.0833. The molecule has 30 heavy (non-hydrogen) atoms. The van der Waals surface area contributed by atoms with Crippen LogP contribution in [0.5, 0.6) is 0 Å². The second-order valence-electron chi connectivity index (χ2n) is 6.43. The lowest BCUT2D eigenvalue weighted by Crippen LogP contribution is -2.03. The van der Waals surface area contributed by atoms with Crippen LogP contribution >= 0.6 is 0 Å². The lowest BCUT2D eigenvalue weighted by molar-refractivity contribution is 0.475. The Labute approximate surface area is 174 Å². The van der Waals surface area contributed by atoms with Gasteiger partial charge in [-0.3, -0.25) is 10.4 Å². The van der Waals surface area contributed by atoms with Crippen LogP contribution in [0.1, 0.15) is 16.7 Å². The average molecular weight is 405 g/mol. The van der Waals surface area contributed by atoms with Gasteiger partial charge in [0.15, 0.2) is 0 Å². The first kappa shape index (κ1) is 20.9. The maximum atomic E-state index is 13.6. The molecule has 0 saturated heterocycles. The van der Waals surface area contributed by atoms with E-state index in [0.717, 1.165) is 28.5 Å². The molecule has 0 amide bonds. The van der Waals surface area contributed by atoms with E-state index in [1.807, 2.05) is 49.4 Å². The monoisotopic (exact) mass is 405 g/mol. The van der Waals surface area contributed by atoms with Gasteiger partial charge in [0.2, 0.25) is 5.90 Å². The Morgan fingerprint density at radius 3 is 2.37 bits per heavy atom. The number of hydrazone groups is 1. The van der Waals surface area contributed by atoms with Gasteiger partial charge in [-0.05, 0) is 60.0 Å². The van der Waals surface area contributed by atoms with Crippen LogP contribution in [-0.2, 0) is 4.74 Å². The van der Waals surface area contributed by atoms with E-state index in [9.17, 15) is 8.78 Å². The third kappa shape index (κ3) is 4.78. The molecule has 0 aliphatic heterocycles. The second kappa shape index (κ2) is 9.60. The van der Waals surface area contributed by atoms with Crippen molar-refractivity contribution in [1.82, 2.24) is 0 Å². The van der Waals surface area contributed by atoms with Crippen molar-refractivity contribution in [2.75, 3.05) is 12.5 Å². The molecular weight excluding hydrogens is 384 g/mol. The normalized spacial score (nSPS) is 11.5. The Balaban J connectivity index is 1.79. The molecule has 0 radical (unpaired) electrons. The van der Waals surface area contributed by atoms with Gasteiger partial charge < -0.3 is 4.74 Å². The van der Waals surface area contributed by atoms with Crippen LogP contribution in [0.15, 0.2) is 83.6 Å². The minimum atomic E-state index is -0.665. The van der Waals surface area contributed by atoms with Crippen molar-refractivity contribution >= 4 is 17.8 Å². The van der Waals surface area contributed by atoms with E-state index in [2.05, 4.69) is 22.1 Å². The number of nitrogens with zero attached hydrogens (tertiary/aromatic N) is 2. The van der Waals surface area contributed by atoms with Crippen molar-refractivity contribution in [3.05, 3.63) is 102 Å².